The molecule has 0 bridgehead atoms. The maximum Gasteiger partial charge on any atom is 0.0717 e. The Kier molecular flexibility index (Phi) is 1.86. The third-order valence-corrected chi connectivity index (χ3v) is 3.38. The number of hydrogen-bond acceptors (Lipinski definition) is 0. The lowest BCUT2D eigenvalue weighted by atomic mass is 10.0. The maximum absolute atomic E-state index is 3.31. The summed E-state index contributed by atoms with van der Waals surface area (Å²) in [6, 6.07) is 16.6. The van der Waals surface area contributed by atoms with Gasteiger partial charge in [0.05, 0.1) is 6.20 Å². The van der Waals surface area contributed by atoms with Crippen LogP contribution in [-0.4, -0.2) is 9.97 Å². The first-order chi connectivity index (χ1) is 8.93. The molecule has 0 fully saturated rings. The van der Waals surface area contributed by atoms with Crippen LogP contribution in [0.15, 0.2) is 54.7 Å². The van der Waals surface area contributed by atoms with Crippen molar-refractivity contribution in [1.29, 1.82) is 0 Å². The summed E-state index contributed by atoms with van der Waals surface area (Å²) in [6.07, 6.45) is 5.32. The number of hydrogen-bond donors (Lipinski definition) is 2. The summed E-state index contributed by atoms with van der Waals surface area (Å²) in [4.78, 5) is 6.51. The molecule has 1 radical (unpaired) electrons. The highest BCUT2D eigenvalue weighted by Gasteiger charge is 2.10. The van der Waals surface area contributed by atoms with Crippen LogP contribution in [-0.2, 0) is 0 Å². The third kappa shape index (κ3) is 1.23. The molecule has 0 amide bonds. The second-order valence-electron chi connectivity index (χ2n) is 4.42. The molecule has 4 rings (SSSR count). The standard InChI is InChI=1S/C16H11N2/c1-3-7-15-11(5-1)13(9-17-15)14-10-18-16-8-4-2-6-12(14)16/h1-9,17-18H. The van der Waals surface area contributed by atoms with Crippen LogP contribution < -0.4 is 0 Å². The van der Waals surface area contributed by atoms with Gasteiger partial charge in [-0.05, 0) is 12.1 Å². The zero-order chi connectivity index (χ0) is 11.9. The topological polar surface area (TPSA) is 31.6 Å². The second kappa shape index (κ2) is 3.50. The number of H-pyrrole nitrogens is 2. The van der Waals surface area contributed by atoms with E-state index in [1.165, 1.54) is 16.3 Å². The molecule has 0 saturated carbocycles. The van der Waals surface area contributed by atoms with E-state index in [1.807, 2.05) is 12.1 Å². The molecule has 2 N–H and O–H groups in total. The molecule has 2 aromatic carbocycles. The van der Waals surface area contributed by atoms with Gasteiger partial charge in [-0.25, -0.2) is 0 Å². The summed E-state index contributed by atoms with van der Waals surface area (Å²) in [5.74, 6) is 0. The smallest absolute Gasteiger partial charge is 0.0717 e. The van der Waals surface area contributed by atoms with Crippen molar-refractivity contribution in [2.24, 2.45) is 0 Å². The van der Waals surface area contributed by atoms with Crippen LogP contribution in [0.5, 0.6) is 0 Å². The highest BCUT2D eigenvalue weighted by Crippen LogP contribution is 2.33. The van der Waals surface area contributed by atoms with Crippen molar-refractivity contribution < 1.29 is 0 Å². The summed E-state index contributed by atoms with van der Waals surface area (Å²) in [6.45, 7) is 0. The summed E-state index contributed by atoms with van der Waals surface area (Å²) >= 11 is 0. The lowest BCUT2D eigenvalue weighted by Crippen LogP contribution is -1.72. The number of fused-ring (bicyclic) bond motifs is 2. The molecule has 0 aliphatic carbocycles. The minimum absolute atomic E-state index is 1.12. The van der Waals surface area contributed by atoms with Crippen molar-refractivity contribution in [1.82, 2.24) is 9.97 Å². The fraction of sp³-hybridized carbons (Fsp3) is 0. The van der Waals surface area contributed by atoms with Gasteiger partial charge in [-0.2, -0.15) is 0 Å². The maximum atomic E-state index is 3.31. The largest absolute Gasteiger partial charge is 0.361 e. The summed E-state index contributed by atoms with van der Waals surface area (Å²) in [7, 11) is 0. The summed E-state index contributed by atoms with van der Waals surface area (Å²) in [5.41, 5.74) is 4.61. The van der Waals surface area contributed by atoms with Crippen molar-refractivity contribution in [3.8, 4) is 11.1 Å². The predicted octanol–water partition coefficient (Wildman–Crippen LogP) is 4.12. The van der Waals surface area contributed by atoms with Crippen LogP contribution in [0.3, 0.4) is 0 Å². The number of benzene rings is 2. The first kappa shape index (κ1) is 9.54. The Morgan fingerprint density at radius 3 is 2.39 bits per heavy atom. The average molecular weight is 231 g/mol. The van der Waals surface area contributed by atoms with Gasteiger partial charge in [-0.1, -0.05) is 36.4 Å². The van der Waals surface area contributed by atoms with E-state index in [4.69, 9.17) is 0 Å². The van der Waals surface area contributed by atoms with E-state index >= 15 is 0 Å². The summed E-state index contributed by atoms with van der Waals surface area (Å²) in [5, 5.41) is 2.45. The van der Waals surface area contributed by atoms with Crippen LogP contribution in [0.2, 0.25) is 0 Å². The van der Waals surface area contributed by atoms with Gasteiger partial charge in [0.25, 0.3) is 0 Å². The highest BCUT2D eigenvalue weighted by molar-refractivity contribution is 6.04. The Hall–Kier alpha value is -2.48. The second-order valence-corrected chi connectivity index (χ2v) is 4.42. The van der Waals surface area contributed by atoms with Crippen molar-refractivity contribution >= 4 is 21.8 Å². The fourth-order valence-corrected chi connectivity index (χ4v) is 2.50. The molecule has 0 aliphatic rings. The van der Waals surface area contributed by atoms with Crippen molar-refractivity contribution in [2.75, 3.05) is 0 Å². The molecule has 2 heterocycles. The van der Waals surface area contributed by atoms with Gasteiger partial charge < -0.3 is 9.97 Å². The highest BCUT2D eigenvalue weighted by atomic mass is 14.7. The van der Waals surface area contributed by atoms with E-state index in [-0.39, 0.29) is 0 Å². The van der Waals surface area contributed by atoms with Gasteiger partial charge in [0, 0.05) is 39.1 Å². The molecule has 4 aromatic rings. The molecule has 18 heavy (non-hydrogen) atoms. The lowest BCUT2D eigenvalue weighted by Gasteiger charge is -1.96. The third-order valence-electron chi connectivity index (χ3n) is 3.38. The van der Waals surface area contributed by atoms with Crippen LogP contribution in [0.1, 0.15) is 0 Å². The van der Waals surface area contributed by atoms with Gasteiger partial charge in [-0.15, -0.1) is 0 Å². The van der Waals surface area contributed by atoms with Crippen molar-refractivity contribution in [3.05, 3.63) is 60.9 Å². The van der Waals surface area contributed by atoms with E-state index in [2.05, 4.69) is 58.8 Å². The molecule has 0 spiro atoms. The normalized spacial score (nSPS) is 11.3. The molecule has 2 heteroatoms. The molecule has 2 nitrogen and oxygen atoms in total. The van der Waals surface area contributed by atoms with E-state index in [0.717, 1.165) is 16.6 Å². The van der Waals surface area contributed by atoms with Gasteiger partial charge in [0.2, 0.25) is 0 Å². The molecule has 0 saturated heterocycles. The van der Waals surface area contributed by atoms with Crippen molar-refractivity contribution in [3.63, 3.8) is 0 Å². The molecule has 0 aliphatic heterocycles. The number of aromatic nitrogens is 2. The molecule has 0 unspecified atom stereocenters. The summed E-state index contributed by atoms with van der Waals surface area (Å²) < 4.78 is 0. The minimum Gasteiger partial charge on any atom is -0.361 e. The Morgan fingerprint density at radius 2 is 1.50 bits per heavy atom. The fourth-order valence-electron chi connectivity index (χ4n) is 2.50. The predicted molar refractivity (Wildman–Crippen MR) is 74.4 cm³/mol. The molecule has 2 aromatic heterocycles. The van der Waals surface area contributed by atoms with E-state index in [0.29, 0.717) is 0 Å². The van der Waals surface area contributed by atoms with Gasteiger partial charge in [0.15, 0.2) is 0 Å². The minimum atomic E-state index is 1.12. The number of nitrogens with one attached hydrogen (secondary N) is 2. The molecule has 85 valence electrons. The van der Waals surface area contributed by atoms with E-state index in [1.54, 1.807) is 0 Å². The van der Waals surface area contributed by atoms with Crippen LogP contribution in [0.25, 0.3) is 32.9 Å². The zero-order valence-electron chi connectivity index (χ0n) is 9.70. The Balaban J connectivity index is 2.08. The quantitative estimate of drug-likeness (QED) is 0.494. The lowest BCUT2D eigenvalue weighted by molar-refractivity contribution is 1.45. The number of aromatic amines is 2. The zero-order valence-corrected chi connectivity index (χ0v) is 9.70. The first-order valence-corrected chi connectivity index (χ1v) is 5.98. The monoisotopic (exact) mass is 231 g/mol. The van der Waals surface area contributed by atoms with E-state index < -0.39 is 0 Å². The SMILES string of the molecule is [c]1[nH]c2ccccc2c1-c1c[nH]c2ccccc12. The first-order valence-electron chi connectivity index (χ1n) is 5.98. The Bertz CT molecular complexity index is 764. The number of rotatable bonds is 1. The Morgan fingerprint density at radius 1 is 0.778 bits per heavy atom. The van der Waals surface area contributed by atoms with Gasteiger partial charge in [0.1, 0.15) is 0 Å². The van der Waals surface area contributed by atoms with E-state index in [9.17, 15) is 0 Å². The number of para-hydroxylation sites is 2. The van der Waals surface area contributed by atoms with Crippen molar-refractivity contribution in [2.45, 2.75) is 0 Å². The van der Waals surface area contributed by atoms with Gasteiger partial charge in [-0.3, -0.25) is 0 Å². The van der Waals surface area contributed by atoms with Crippen LogP contribution in [0.4, 0.5) is 0 Å². The molecule has 0 atom stereocenters. The van der Waals surface area contributed by atoms with Gasteiger partial charge >= 0.3 is 0 Å². The Labute approximate surface area is 104 Å². The molecular weight excluding hydrogens is 220 g/mol. The average Bonchev–Trinajstić information content (AvgIpc) is 3.01. The molecular formula is C16H11N2. The van der Waals surface area contributed by atoms with Crippen LogP contribution >= 0.6 is 0 Å². The van der Waals surface area contributed by atoms with Crippen LogP contribution in [0, 0.1) is 6.20 Å².